The molecule has 28 heavy (non-hydrogen) atoms. The van der Waals surface area contributed by atoms with E-state index in [1.807, 2.05) is 12.1 Å². The van der Waals surface area contributed by atoms with E-state index in [9.17, 15) is 14.9 Å². The lowest BCUT2D eigenvalue weighted by atomic mass is 9.96. The summed E-state index contributed by atoms with van der Waals surface area (Å²) in [6, 6.07) is 13.8. The van der Waals surface area contributed by atoms with Crippen LogP contribution in [-0.2, 0) is 11.3 Å². The number of likely N-dealkylation sites (tertiary alicyclic amines) is 1. The van der Waals surface area contributed by atoms with Crippen LogP contribution in [0.4, 0.5) is 5.69 Å². The zero-order chi connectivity index (χ0) is 19.9. The van der Waals surface area contributed by atoms with Crippen molar-refractivity contribution in [2.45, 2.75) is 19.4 Å². The molecule has 8 heteroatoms. The normalized spacial score (nSPS) is 15.6. The molecule has 0 radical (unpaired) electrons. The third kappa shape index (κ3) is 5.61. The predicted octanol–water partition coefficient (Wildman–Crippen LogP) is 3.61. The molecule has 1 fully saturated rings. The molecule has 2 aromatic carbocycles. The van der Waals surface area contributed by atoms with E-state index in [0.717, 1.165) is 43.6 Å². The van der Waals surface area contributed by atoms with Crippen LogP contribution < -0.4 is 5.43 Å². The predicted molar refractivity (Wildman–Crippen MR) is 108 cm³/mol. The SMILES string of the molecule is O=C(NN=Cc1cccc(Cl)c1)C1CCN(Cc2ccc([N+](=O)[O-])cc2)CC1. The van der Waals surface area contributed by atoms with Crippen molar-refractivity contribution in [3.63, 3.8) is 0 Å². The van der Waals surface area contributed by atoms with Gasteiger partial charge in [-0.1, -0.05) is 35.9 Å². The van der Waals surface area contributed by atoms with Crippen LogP contribution >= 0.6 is 11.6 Å². The smallest absolute Gasteiger partial charge is 0.269 e. The van der Waals surface area contributed by atoms with E-state index in [4.69, 9.17) is 11.6 Å². The van der Waals surface area contributed by atoms with Crippen molar-refractivity contribution >= 4 is 29.4 Å². The third-order valence-electron chi connectivity index (χ3n) is 4.75. The molecule has 3 rings (SSSR count). The summed E-state index contributed by atoms with van der Waals surface area (Å²) in [4.78, 5) is 24.9. The second-order valence-corrected chi connectivity index (χ2v) is 7.20. The molecule has 0 aliphatic carbocycles. The number of piperidine rings is 1. The number of rotatable bonds is 6. The summed E-state index contributed by atoms with van der Waals surface area (Å²) in [5, 5.41) is 15.4. The van der Waals surface area contributed by atoms with E-state index in [1.54, 1.807) is 30.5 Å². The lowest BCUT2D eigenvalue weighted by Crippen LogP contribution is -2.39. The number of non-ortho nitro benzene ring substituents is 1. The number of nitro benzene ring substituents is 1. The Morgan fingerprint density at radius 2 is 1.96 bits per heavy atom. The van der Waals surface area contributed by atoms with E-state index in [2.05, 4.69) is 15.4 Å². The first-order valence-electron chi connectivity index (χ1n) is 9.05. The first-order valence-corrected chi connectivity index (χ1v) is 9.43. The summed E-state index contributed by atoms with van der Waals surface area (Å²) in [6.45, 7) is 2.32. The van der Waals surface area contributed by atoms with Gasteiger partial charge in [-0.2, -0.15) is 5.10 Å². The Kier molecular flexibility index (Phi) is 6.73. The molecular formula is C20H21ClN4O3. The average molecular weight is 401 g/mol. The number of benzene rings is 2. The van der Waals surface area contributed by atoms with Crippen LogP contribution in [0, 0.1) is 16.0 Å². The van der Waals surface area contributed by atoms with Gasteiger partial charge in [0.25, 0.3) is 5.69 Å². The topological polar surface area (TPSA) is 87.8 Å². The molecule has 0 atom stereocenters. The highest BCUT2D eigenvalue weighted by molar-refractivity contribution is 6.30. The molecule has 0 spiro atoms. The van der Waals surface area contributed by atoms with Crippen LogP contribution in [0.15, 0.2) is 53.6 Å². The summed E-state index contributed by atoms with van der Waals surface area (Å²) in [5.41, 5.74) is 4.55. The van der Waals surface area contributed by atoms with E-state index < -0.39 is 4.92 Å². The van der Waals surface area contributed by atoms with Crippen LogP contribution in [0.2, 0.25) is 5.02 Å². The third-order valence-corrected chi connectivity index (χ3v) is 4.98. The first-order chi connectivity index (χ1) is 13.5. The highest BCUT2D eigenvalue weighted by Crippen LogP contribution is 2.20. The second kappa shape index (κ2) is 9.43. The maximum Gasteiger partial charge on any atom is 0.269 e. The fourth-order valence-electron chi connectivity index (χ4n) is 3.18. The molecule has 0 saturated carbocycles. The van der Waals surface area contributed by atoms with Crippen molar-refractivity contribution in [3.05, 3.63) is 74.8 Å². The van der Waals surface area contributed by atoms with Gasteiger partial charge in [0.15, 0.2) is 0 Å². The first kappa shape index (κ1) is 20.0. The van der Waals surface area contributed by atoms with Crippen molar-refractivity contribution in [1.82, 2.24) is 10.3 Å². The number of hydrogen-bond acceptors (Lipinski definition) is 5. The van der Waals surface area contributed by atoms with Crippen molar-refractivity contribution < 1.29 is 9.72 Å². The van der Waals surface area contributed by atoms with Crippen LogP contribution in [0.3, 0.4) is 0 Å². The van der Waals surface area contributed by atoms with Gasteiger partial charge in [-0.15, -0.1) is 0 Å². The lowest BCUT2D eigenvalue weighted by Gasteiger charge is -2.30. The van der Waals surface area contributed by atoms with Gasteiger partial charge in [0.1, 0.15) is 0 Å². The fourth-order valence-corrected chi connectivity index (χ4v) is 3.38. The average Bonchev–Trinajstić information content (AvgIpc) is 2.69. The number of carbonyl (C=O) groups excluding carboxylic acids is 1. The summed E-state index contributed by atoms with van der Waals surface area (Å²) in [6.07, 6.45) is 3.09. The minimum atomic E-state index is -0.400. The molecule has 7 nitrogen and oxygen atoms in total. The van der Waals surface area contributed by atoms with Crippen molar-refractivity contribution in [2.24, 2.45) is 11.0 Å². The van der Waals surface area contributed by atoms with Crippen LogP contribution in [-0.4, -0.2) is 35.0 Å². The standard InChI is InChI=1S/C20H21ClN4O3/c21-18-3-1-2-16(12-18)13-22-23-20(26)17-8-10-24(11-9-17)14-15-4-6-19(7-5-15)25(27)28/h1-7,12-13,17H,8-11,14H2,(H,23,26). The molecule has 1 amide bonds. The van der Waals surface area contributed by atoms with Crippen molar-refractivity contribution in [2.75, 3.05) is 13.1 Å². The van der Waals surface area contributed by atoms with E-state index >= 15 is 0 Å². The highest BCUT2D eigenvalue weighted by Gasteiger charge is 2.24. The number of nitro groups is 1. The molecule has 1 heterocycles. The monoisotopic (exact) mass is 400 g/mol. The molecule has 1 aliphatic rings. The Morgan fingerprint density at radius 3 is 2.61 bits per heavy atom. The number of nitrogens with zero attached hydrogens (tertiary/aromatic N) is 3. The largest absolute Gasteiger partial charge is 0.299 e. The fraction of sp³-hybridized carbons (Fsp3) is 0.300. The molecule has 0 bridgehead atoms. The van der Waals surface area contributed by atoms with Crippen molar-refractivity contribution in [1.29, 1.82) is 0 Å². The van der Waals surface area contributed by atoms with Gasteiger partial charge in [0.2, 0.25) is 5.91 Å². The van der Waals surface area contributed by atoms with Gasteiger partial charge in [-0.25, -0.2) is 5.43 Å². The maximum absolute atomic E-state index is 12.3. The zero-order valence-corrected chi connectivity index (χ0v) is 16.0. The molecule has 1 aliphatic heterocycles. The highest BCUT2D eigenvalue weighted by atomic mass is 35.5. The number of hydrazone groups is 1. The van der Waals surface area contributed by atoms with Gasteiger partial charge < -0.3 is 0 Å². The zero-order valence-electron chi connectivity index (χ0n) is 15.3. The van der Waals surface area contributed by atoms with Crippen LogP contribution in [0.25, 0.3) is 0 Å². The van der Waals surface area contributed by atoms with Gasteiger partial charge in [0, 0.05) is 29.6 Å². The number of halogens is 1. The second-order valence-electron chi connectivity index (χ2n) is 6.76. The quantitative estimate of drug-likeness (QED) is 0.455. The number of amides is 1. The summed E-state index contributed by atoms with van der Waals surface area (Å²) in [7, 11) is 0. The molecule has 1 saturated heterocycles. The molecule has 2 aromatic rings. The molecule has 0 unspecified atom stereocenters. The van der Waals surface area contributed by atoms with E-state index in [1.165, 1.54) is 12.1 Å². The molecule has 146 valence electrons. The molecule has 1 N–H and O–H groups in total. The Labute approximate surface area is 168 Å². The van der Waals surface area contributed by atoms with E-state index in [0.29, 0.717) is 5.02 Å². The lowest BCUT2D eigenvalue weighted by molar-refractivity contribution is -0.384. The Morgan fingerprint density at radius 1 is 1.25 bits per heavy atom. The Balaban J connectivity index is 1.44. The minimum Gasteiger partial charge on any atom is -0.299 e. The summed E-state index contributed by atoms with van der Waals surface area (Å²) in [5.74, 6) is -0.141. The number of hydrogen-bond donors (Lipinski definition) is 1. The van der Waals surface area contributed by atoms with Gasteiger partial charge in [-0.3, -0.25) is 19.8 Å². The number of carbonyl (C=O) groups is 1. The maximum atomic E-state index is 12.3. The Bertz CT molecular complexity index is 862. The number of nitrogens with one attached hydrogen (secondary N) is 1. The van der Waals surface area contributed by atoms with Crippen LogP contribution in [0.5, 0.6) is 0 Å². The molecule has 0 aromatic heterocycles. The van der Waals surface area contributed by atoms with Crippen LogP contribution in [0.1, 0.15) is 24.0 Å². The minimum absolute atomic E-state index is 0.0652. The van der Waals surface area contributed by atoms with Gasteiger partial charge in [-0.05, 0) is 49.2 Å². The van der Waals surface area contributed by atoms with Crippen molar-refractivity contribution in [3.8, 4) is 0 Å². The molecular weight excluding hydrogens is 380 g/mol. The van der Waals surface area contributed by atoms with Gasteiger partial charge >= 0.3 is 0 Å². The van der Waals surface area contributed by atoms with E-state index in [-0.39, 0.29) is 17.5 Å². The summed E-state index contributed by atoms with van der Waals surface area (Å²) < 4.78 is 0. The summed E-state index contributed by atoms with van der Waals surface area (Å²) >= 11 is 5.92. The van der Waals surface area contributed by atoms with Gasteiger partial charge in [0.05, 0.1) is 11.1 Å². The Hall–Kier alpha value is -2.77.